The van der Waals surface area contributed by atoms with E-state index >= 15 is 0 Å². The van der Waals surface area contributed by atoms with Gasteiger partial charge in [-0.05, 0) is 55.0 Å². The lowest BCUT2D eigenvalue weighted by Gasteiger charge is -2.14. The molecule has 5 heteroatoms. The summed E-state index contributed by atoms with van der Waals surface area (Å²) < 4.78 is 25.7. The van der Waals surface area contributed by atoms with Crippen molar-refractivity contribution in [1.29, 1.82) is 0 Å². The third-order valence-electron chi connectivity index (χ3n) is 2.87. The highest BCUT2D eigenvalue weighted by atomic mass is 32.2. The predicted molar refractivity (Wildman–Crippen MR) is 81.4 cm³/mol. The van der Waals surface area contributed by atoms with Gasteiger partial charge in [0.05, 0.1) is 5.25 Å². The summed E-state index contributed by atoms with van der Waals surface area (Å²) in [5.74, 6) is -0.803. The molecular formula is C16H15F2NOS. The third kappa shape index (κ3) is 4.56. The molecule has 2 aromatic rings. The normalized spacial score (nSPS) is 12.0. The molecule has 0 aliphatic heterocycles. The van der Waals surface area contributed by atoms with Gasteiger partial charge in [-0.25, -0.2) is 8.78 Å². The molecule has 0 saturated carbocycles. The minimum atomic E-state index is -0.347. The molecule has 1 amide bonds. The van der Waals surface area contributed by atoms with E-state index in [0.29, 0.717) is 12.1 Å². The number of benzene rings is 2. The van der Waals surface area contributed by atoms with E-state index in [-0.39, 0.29) is 22.8 Å². The molecule has 0 heterocycles. The molecule has 1 N–H and O–H groups in total. The Balaban J connectivity index is 2.01. The highest BCUT2D eigenvalue weighted by molar-refractivity contribution is 8.00. The van der Waals surface area contributed by atoms with Crippen LogP contribution in [0.2, 0.25) is 0 Å². The maximum absolute atomic E-state index is 12.9. The van der Waals surface area contributed by atoms with Gasteiger partial charge in [-0.2, -0.15) is 0 Å². The Morgan fingerprint density at radius 2 is 1.57 bits per heavy atom. The molecule has 2 rings (SSSR count). The Labute approximate surface area is 126 Å². The summed E-state index contributed by atoms with van der Waals surface area (Å²) >= 11 is 1.38. The number of amides is 1. The van der Waals surface area contributed by atoms with E-state index < -0.39 is 0 Å². The summed E-state index contributed by atoms with van der Waals surface area (Å²) in [6, 6.07) is 11.7. The van der Waals surface area contributed by atoms with Gasteiger partial charge in [-0.3, -0.25) is 4.79 Å². The first kappa shape index (κ1) is 15.5. The Hall–Kier alpha value is -1.88. The predicted octanol–water partition coefficient (Wildman–Crippen LogP) is 4.47. The third-order valence-corrected chi connectivity index (χ3v) is 4.24. The first-order valence-electron chi connectivity index (χ1n) is 6.57. The molecule has 0 aromatic heterocycles. The molecule has 0 spiro atoms. The zero-order valence-electron chi connectivity index (χ0n) is 11.5. The van der Waals surface area contributed by atoms with Gasteiger partial charge in [0.25, 0.3) is 0 Å². The Bertz CT molecular complexity index is 599. The number of carbonyl (C=O) groups is 1. The van der Waals surface area contributed by atoms with E-state index in [1.807, 2.05) is 6.92 Å². The molecule has 0 aliphatic carbocycles. The zero-order chi connectivity index (χ0) is 15.2. The molecule has 0 saturated heterocycles. The molecule has 0 radical (unpaired) electrons. The number of hydrogen-bond donors (Lipinski definition) is 1. The quantitative estimate of drug-likeness (QED) is 0.826. The second kappa shape index (κ2) is 7.22. The monoisotopic (exact) mass is 307 g/mol. The van der Waals surface area contributed by atoms with Gasteiger partial charge in [0, 0.05) is 10.6 Å². The SMILES string of the molecule is CC[C@H](Sc1ccc(F)cc1)C(=O)Nc1ccc(F)cc1. The van der Waals surface area contributed by atoms with Crippen molar-refractivity contribution in [3.8, 4) is 0 Å². The number of nitrogens with one attached hydrogen (secondary N) is 1. The molecule has 0 unspecified atom stereocenters. The number of rotatable bonds is 5. The van der Waals surface area contributed by atoms with E-state index in [9.17, 15) is 13.6 Å². The summed E-state index contributed by atoms with van der Waals surface area (Å²) in [6.07, 6.45) is 0.634. The molecule has 0 aliphatic rings. The van der Waals surface area contributed by atoms with Gasteiger partial charge in [-0.15, -0.1) is 11.8 Å². The summed E-state index contributed by atoms with van der Waals surface area (Å²) in [5.41, 5.74) is 0.555. The van der Waals surface area contributed by atoms with E-state index in [1.54, 1.807) is 12.1 Å². The Morgan fingerprint density at radius 1 is 1.05 bits per heavy atom. The number of thioether (sulfide) groups is 1. The first-order valence-corrected chi connectivity index (χ1v) is 7.45. The van der Waals surface area contributed by atoms with Crippen LogP contribution in [0.15, 0.2) is 53.4 Å². The maximum Gasteiger partial charge on any atom is 0.237 e. The molecule has 110 valence electrons. The van der Waals surface area contributed by atoms with Crippen LogP contribution in [-0.4, -0.2) is 11.2 Å². The van der Waals surface area contributed by atoms with Crippen LogP contribution >= 0.6 is 11.8 Å². The molecule has 1 atom stereocenters. The van der Waals surface area contributed by atoms with Crippen molar-refractivity contribution >= 4 is 23.4 Å². The van der Waals surface area contributed by atoms with Crippen LogP contribution in [0, 0.1) is 11.6 Å². The average molecular weight is 307 g/mol. The molecule has 21 heavy (non-hydrogen) atoms. The van der Waals surface area contributed by atoms with Crippen LogP contribution < -0.4 is 5.32 Å². The molecule has 2 nitrogen and oxygen atoms in total. The highest BCUT2D eigenvalue weighted by Gasteiger charge is 2.18. The average Bonchev–Trinajstić information content (AvgIpc) is 2.49. The van der Waals surface area contributed by atoms with Crippen molar-refractivity contribution in [1.82, 2.24) is 0 Å². The second-order valence-corrected chi connectivity index (χ2v) is 5.74. The number of halogens is 2. The first-order chi connectivity index (χ1) is 10.1. The van der Waals surface area contributed by atoms with Gasteiger partial charge in [-0.1, -0.05) is 6.92 Å². The minimum absolute atomic E-state index is 0.154. The van der Waals surface area contributed by atoms with Crippen LogP contribution in [0.3, 0.4) is 0 Å². The molecule has 0 bridgehead atoms. The number of carbonyl (C=O) groups excluding carboxylic acids is 1. The minimum Gasteiger partial charge on any atom is -0.325 e. The largest absolute Gasteiger partial charge is 0.325 e. The summed E-state index contributed by atoms with van der Waals surface area (Å²) in [7, 11) is 0. The lowest BCUT2D eigenvalue weighted by molar-refractivity contribution is -0.115. The van der Waals surface area contributed by atoms with E-state index in [4.69, 9.17) is 0 Å². The van der Waals surface area contributed by atoms with E-state index in [1.165, 1.54) is 48.2 Å². The van der Waals surface area contributed by atoms with Crippen LogP contribution in [0.5, 0.6) is 0 Å². The summed E-state index contributed by atoms with van der Waals surface area (Å²) in [5, 5.41) is 2.46. The highest BCUT2D eigenvalue weighted by Crippen LogP contribution is 2.26. The van der Waals surface area contributed by atoms with Crippen molar-refractivity contribution in [3.63, 3.8) is 0 Å². The van der Waals surface area contributed by atoms with Crippen LogP contribution in [-0.2, 0) is 4.79 Å². The summed E-state index contributed by atoms with van der Waals surface area (Å²) in [4.78, 5) is 13.0. The van der Waals surface area contributed by atoms with Gasteiger partial charge in [0.2, 0.25) is 5.91 Å². The smallest absolute Gasteiger partial charge is 0.237 e. The van der Waals surface area contributed by atoms with Gasteiger partial charge in [0.1, 0.15) is 11.6 Å². The van der Waals surface area contributed by atoms with Crippen LogP contribution in [0.25, 0.3) is 0 Å². The van der Waals surface area contributed by atoms with Gasteiger partial charge in [0.15, 0.2) is 0 Å². The molecular weight excluding hydrogens is 292 g/mol. The van der Waals surface area contributed by atoms with Crippen molar-refractivity contribution in [2.75, 3.05) is 5.32 Å². The molecule has 0 fully saturated rings. The standard InChI is InChI=1S/C16H15F2NOS/c1-2-15(21-14-9-5-12(18)6-10-14)16(20)19-13-7-3-11(17)4-8-13/h3-10,15H,2H2,1H3,(H,19,20)/t15-/m0/s1. The summed E-state index contributed by atoms with van der Waals surface area (Å²) in [6.45, 7) is 1.91. The van der Waals surface area contributed by atoms with E-state index in [0.717, 1.165) is 4.90 Å². The van der Waals surface area contributed by atoms with Gasteiger partial charge < -0.3 is 5.32 Å². The van der Waals surface area contributed by atoms with Crippen molar-refractivity contribution in [2.24, 2.45) is 0 Å². The van der Waals surface area contributed by atoms with Gasteiger partial charge >= 0.3 is 0 Å². The molecule has 2 aromatic carbocycles. The van der Waals surface area contributed by atoms with Crippen LogP contribution in [0.4, 0.5) is 14.5 Å². The lowest BCUT2D eigenvalue weighted by atomic mass is 10.2. The maximum atomic E-state index is 12.9. The fourth-order valence-corrected chi connectivity index (χ4v) is 2.71. The fraction of sp³-hybridized carbons (Fsp3) is 0.188. The zero-order valence-corrected chi connectivity index (χ0v) is 12.3. The van der Waals surface area contributed by atoms with Crippen molar-refractivity contribution < 1.29 is 13.6 Å². The van der Waals surface area contributed by atoms with Crippen molar-refractivity contribution in [3.05, 3.63) is 60.2 Å². The fourth-order valence-electron chi connectivity index (χ4n) is 1.76. The number of anilines is 1. The second-order valence-electron chi connectivity index (χ2n) is 4.46. The topological polar surface area (TPSA) is 29.1 Å². The Morgan fingerprint density at radius 3 is 2.10 bits per heavy atom. The van der Waals surface area contributed by atoms with Crippen molar-refractivity contribution in [2.45, 2.75) is 23.5 Å². The number of hydrogen-bond acceptors (Lipinski definition) is 2. The van der Waals surface area contributed by atoms with Crippen LogP contribution in [0.1, 0.15) is 13.3 Å². The van der Waals surface area contributed by atoms with E-state index in [2.05, 4.69) is 5.32 Å². The lowest BCUT2D eigenvalue weighted by Crippen LogP contribution is -2.24. The Kier molecular flexibility index (Phi) is 5.33.